The van der Waals surface area contributed by atoms with Gasteiger partial charge < -0.3 is 4.90 Å². The second-order valence-corrected chi connectivity index (χ2v) is 5.98. The topological polar surface area (TPSA) is 20.3 Å². The molecule has 0 heterocycles. The Bertz CT molecular complexity index is 232. The summed E-state index contributed by atoms with van der Waals surface area (Å²) < 4.78 is 0. The molecule has 0 aromatic carbocycles. The van der Waals surface area contributed by atoms with Gasteiger partial charge in [0.1, 0.15) is 0 Å². The third-order valence-corrected chi connectivity index (χ3v) is 4.65. The first-order valence-electron chi connectivity index (χ1n) is 5.92. The average molecular weight is 276 g/mol. The van der Waals surface area contributed by atoms with Gasteiger partial charge in [-0.25, -0.2) is 0 Å². The van der Waals surface area contributed by atoms with E-state index in [9.17, 15) is 4.79 Å². The van der Waals surface area contributed by atoms with Crippen LogP contribution in [0.5, 0.6) is 0 Å². The van der Waals surface area contributed by atoms with E-state index >= 15 is 0 Å². The molecule has 0 spiro atoms. The first-order valence-corrected chi connectivity index (χ1v) is 6.83. The highest BCUT2D eigenvalue weighted by molar-refractivity contribution is 9.09. The summed E-state index contributed by atoms with van der Waals surface area (Å²) in [6, 6.07) is 0. The third kappa shape index (κ3) is 3.20. The van der Waals surface area contributed by atoms with Gasteiger partial charge in [-0.15, -0.1) is 0 Å². The summed E-state index contributed by atoms with van der Waals surface area (Å²) in [6.07, 6.45) is 5.89. The van der Waals surface area contributed by atoms with Crippen molar-refractivity contribution < 1.29 is 4.79 Å². The van der Waals surface area contributed by atoms with Crippen LogP contribution in [0.15, 0.2) is 0 Å². The lowest BCUT2D eigenvalue weighted by Gasteiger charge is -2.21. The van der Waals surface area contributed by atoms with Crippen LogP contribution in [0.25, 0.3) is 0 Å². The summed E-state index contributed by atoms with van der Waals surface area (Å²) in [5, 5.41) is 0. The smallest absolute Gasteiger partial charge is 0.229 e. The van der Waals surface area contributed by atoms with Gasteiger partial charge in [-0.05, 0) is 19.8 Å². The normalized spacial score (nSPS) is 28.9. The van der Waals surface area contributed by atoms with Crippen LogP contribution in [-0.4, -0.2) is 29.2 Å². The van der Waals surface area contributed by atoms with E-state index in [0.717, 1.165) is 19.4 Å². The van der Waals surface area contributed by atoms with Crippen molar-refractivity contribution in [2.45, 2.75) is 50.8 Å². The summed E-state index contributed by atoms with van der Waals surface area (Å²) in [4.78, 5) is 14.3. The quantitative estimate of drug-likeness (QED) is 0.539. The van der Waals surface area contributed by atoms with E-state index in [4.69, 9.17) is 0 Å². The Kier molecular flexibility index (Phi) is 4.63. The number of amides is 1. The number of hydrogen-bond acceptors (Lipinski definition) is 1. The molecule has 0 aromatic rings. The molecular formula is C12H22BrNO. The minimum Gasteiger partial charge on any atom is -0.345 e. The predicted molar refractivity (Wildman–Crippen MR) is 67.2 cm³/mol. The van der Waals surface area contributed by atoms with Crippen molar-refractivity contribution in [1.29, 1.82) is 0 Å². The zero-order valence-corrected chi connectivity index (χ0v) is 11.6. The SMILES string of the molecule is CCCCCCN(C)C(=O)C1(C)CC1Br. The second kappa shape index (κ2) is 5.33. The molecule has 0 bridgehead atoms. The minimum atomic E-state index is -0.112. The molecule has 0 radical (unpaired) electrons. The molecule has 1 aliphatic carbocycles. The number of nitrogens with zero attached hydrogens (tertiary/aromatic N) is 1. The standard InChI is InChI=1S/C12H22BrNO/c1-4-5-6-7-8-14(3)11(15)12(2)9-10(12)13/h10H,4-9H2,1-3H3. The molecular weight excluding hydrogens is 254 g/mol. The van der Waals surface area contributed by atoms with Crippen molar-refractivity contribution in [3.63, 3.8) is 0 Å². The highest BCUT2D eigenvalue weighted by Gasteiger charge is 2.55. The lowest BCUT2D eigenvalue weighted by molar-refractivity contribution is -0.134. The van der Waals surface area contributed by atoms with E-state index in [1.165, 1.54) is 19.3 Å². The monoisotopic (exact) mass is 275 g/mol. The molecule has 0 aliphatic heterocycles. The molecule has 2 nitrogen and oxygen atoms in total. The number of carbonyl (C=O) groups is 1. The molecule has 1 fully saturated rings. The Labute approximate surface area is 102 Å². The van der Waals surface area contributed by atoms with Gasteiger partial charge in [0.25, 0.3) is 0 Å². The summed E-state index contributed by atoms with van der Waals surface area (Å²) in [6.45, 7) is 5.17. The molecule has 3 heteroatoms. The molecule has 0 N–H and O–H groups in total. The molecule has 2 atom stereocenters. The first-order chi connectivity index (χ1) is 7.02. The van der Waals surface area contributed by atoms with Gasteiger partial charge in [0.15, 0.2) is 0 Å². The Balaban J connectivity index is 2.22. The van der Waals surface area contributed by atoms with Crippen LogP contribution >= 0.6 is 15.9 Å². The van der Waals surface area contributed by atoms with Gasteiger partial charge in [-0.2, -0.15) is 0 Å². The van der Waals surface area contributed by atoms with Crippen LogP contribution in [0, 0.1) is 5.41 Å². The maximum atomic E-state index is 12.0. The minimum absolute atomic E-state index is 0.112. The van der Waals surface area contributed by atoms with Crippen molar-refractivity contribution >= 4 is 21.8 Å². The number of alkyl halides is 1. The Hall–Kier alpha value is -0.0500. The fourth-order valence-corrected chi connectivity index (χ4v) is 2.72. The van der Waals surface area contributed by atoms with Crippen molar-refractivity contribution in [2.24, 2.45) is 5.41 Å². The fourth-order valence-electron chi connectivity index (χ4n) is 1.85. The molecule has 1 aliphatic rings. The summed E-state index contributed by atoms with van der Waals surface area (Å²) in [7, 11) is 1.93. The van der Waals surface area contributed by atoms with E-state index in [1.54, 1.807) is 0 Å². The molecule has 88 valence electrons. The van der Waals surface area contributed by atoms with Crippen LogP contribution in [0.3, 0.4) is 0 Å². The van der Waals surface area contributed by atoms with Crippen LogP contribution in [0.1, 0.15) is 46.0 Å². The van der Waals surface area contributed by atoms with E-state index in [-0.39, 0.29) is 5.41 Å². The lowest BCUT2D eigenvalue weighted by atomic mass is 10.1. The van der Waals surface area contributed by atoms with E-state index in [2.05, 4.69) is 29.8 Å². The van der Waals surface area contributed by atoms with Crippen LogP contribution < -0.4 is 0 Å². The lowest BCUT2D eigenvalue weighted by Crippen LogP contribution is -2.34. The zero-order valence-electron chi connectivity index (χ0n) is 10.1. The molecule has 0 aromatic heterocycles. The number of halogens is 1. The van der Waals surface area contributed by atoms with Crippen molar-refractivity contribution in [2.75, 3.05) is 13.6 Å². The number of rotatable bonds is 6. The average Bonchev–Trinajstić information content (AvgIpc) is 2.82. The third-order valence-electron chi connectivity index (χ3n) is 3.32. The first kappa shape index (κ1) is 13.0. The molecule has 0 saturated heterocycles. The van der Waals surface area contributed by atoms with Gasteiger partial charge in [0.05, 0.1) is 5.41 Å². The fraction of sp³-hybridized carbons (Fsp3) is 0.917. The molecule has 15 heavy (non-hydrogen) atoms. The molecule has 1 rings (SSSR count). The maximum Gasteiger partial charge on any atom is 0.229 e. The van der Waals surface area contributed by atoms with E-state index < -0.39 is 0 Å². The molecule has 1 amide bonds. The van der Waals surface area contributed by atoms with Gasteiger partial charge >= 0.3 is 0 Å². The van der Waals surface area contributed by atoms with Crippen molar-refractivity contribution in [3.8, 4) is 0 Å². The zero-order chi connectivity index (χ0) is 11.5. The van der Waals surface area contributed by atoms with Gasteiger partial charge in [-0.1, -0.05) is 42.1 Å². The van der Waals surface area contributed by atoms with Crippen LogP contribution in [0.4, 0.5) is 0 Å². The molecule has 2 unspecified atom stereocenters. The van der Waals surface area contributed by atoms with Crippen molar-refractivity contribution in [1.82, 2.24) is 4.90 Å². The van der Waals surface area contributed by atoms with E-state index in [1.807, 2.05) is 11.9 Å². The Morgan fingerprint density at radius 3 is 2.53 bits per heavy atom. The predicted octanol–water partition coefficient (Wildman–Crippen LogP) is 3.20. The van der Waals surface area contributed by atoms with Gasteiger partial charge in [0.2, 0.25) is 5.91 Å². The van der Waals surface area contributed by atoms with Crippen LogP contribution in [0.2, 0.25) is 0 Å². The summed E-state index contributed by atoms with van der Waals surface area (Å²) in [5.41, 5.74) is -0.112. The largest absolute Gasteiger partial charge is 0.345 e. The highest BCUT2D eigenvalue weighted by Crippen LogP contribution is 2.52. The van der Waals surface area contributed by atoms with Crippen molar-refractivity contribution in [3.05, 3.63) is 0 Å². The molecule has 1 saturated carbocycles. The highest BCUT2D eigenvalue weighted by atomic mass is 79.9. The number of carbonyl (C=O) groups excluding carboxylic acids is 1. The van der Waals surface area contributed by atoms with Crippen LogP contribution in [-0.2, 0) is 4.79 Å². The second-order valence-electron chi connectivity index (χ2n) is 4.88. The summed E-state index contributed by atoms with van der Waals surface area (Å²) >= 11 is 3.52. The van der Waals surface area contributed by atoms with E-state index in [0.29, 0.717) is 10.7 Å². The number of hydrogen-bond donors (Lipinski definition) is 0. The Morgan fingerprint density at radius 2 is 2.07 bits per heavy atom. The number of unbranched alkanes of at least 4 members (excludes halogenated alkanes) is 3. The van der Waals surface area contributed by atoms with Gasteiger partial charge in [-0.3, -0.25) is 4.79 Å². The summed E-state index contributed by atoms with van der Waals surface area (Å²) in [5.74, 6) is 0.306. The van der Waals surface area contributed by atoms with Gasteiger partial charge in [0, 0.05) is 18.4 Å². The Morgan fingerprint density at radius 1 is 1.47 bits per heavy atom. The maximum absolute atomic E-state index is 12.0.